The molecule has 1 heterocycles. The number of esters is 1. The minimum Gasteiger partial charge on any atom is -0.461 e. The summed E-state index contributed by atoms with van der Waals surface area (Å²) in [6.45, 7) is 3.56. The third kappa shape index (κ3) is 2.74. The van der Waals surface area contributed by atoms with Crippen molar-refractivity contribution < 1.29 is 18.7 Å². The molecule has 1 amide bonds. The molecular formula is C15H17FN2O3. The largest absolute Gasteiger partial charge is 0.461 e. The zero-order chi connectivity index (χ0) is 15.6. The van der Waals surface area contributed by atoms with Crippen LogP contribution in [-0.4, -0.2) is 30.4 Å². The van der Waals surface area contributed by atoms with E-state index in [-0.39, 0.29) is 17.9 Å². The Bertz CT molecular complexity index is 613. The van der Waals surface area contributed by atoms with Gasteiger partial charge in [0, 0.05) is 18.3 Å². The lowest BCUT2D eigenvalue weighted by atomic mass is 10.0. The highest BCUT2D eigenvalue weighted by Gasteiger charge is 2.36. The van der Waals surface area contributed by atoms with Crippen LogP contribution in [0.5, 0.6) is 0 Å². The molecule has 6 heteroatoms. The summed E-state index contributed by atoms with van der Waals surface area (Å²) in [5, 5.41) is 2.89. The predicted molar refractivity (Wildman–Crippen MR) is 74.4 cm³/mol. The molecule has 0 aliphatic carbocycles. The number of rotatable bonds is 3. The topological polar surface area (TPSA) is 58.6 Å². The van der Waals surface area contributed by atoms with Gasteiger partial charge in [-0.25, -0.2) is 9.18 Å². The van der Waals surface area contributed by atoms with Crippen LogP contribution in [0.2, 0.25) is 0 Å². The number of amides is 1. The first-order valence-electron chi connectivity index (χ1n) is 6.63. The van der Waals surface area contributed by atoms with Gasteiger partial charge in [0.1, 0.15) is 17.6 Å². The summed E-state index contributed by atoms with van der Waals surface area (Å²) in [6.07, 6.45) is 0. The van der Waals surface area contributed by atoms with Gasteiger partial charge in [-0.1, -0.05) is 18.2 Å². The molecule has 0 bridgehead atoms. The monoisotopic (exact) mass is 292 g/mol. The summed E-state index contributed by atoms with van der Waals surface area (Å²) in [5.41, 5.74) is 0.870. The second kappa shape index (κ2) is 5.95. The number of likely N-dealkylation sites (N-methyl/N-ethyl adjacent to an activating group) is 1. The Kier molecular flexibility index (Phi) is 4.26. The number of nitrogens with zero attached hydrogens (tertiary/aromatic N) is 1. The van der Waals surface area contributed by atoms with Gasteiger partial charge in [0.05, 0.1) is 6.61 Å². The number of halogens is 1. The van der Waals surface area contributed by atoms with Crippen LogP contribution in [0.15, 0.2) is 35.7 Å². The van der Waals surface area contributed by atoms with Crippen LogP contribution < -0.4 is 5.32 Å². The van der Waals surface area contributed by atoms with Gasteiger partial charge < -0.3 is 15.0 Å². The maximum atomic E-state index is 13.9. The highest BCUT2D eigenvalue weighted by atomic mass is 19.1. The van der Waals surface area contributed by atoms with Crippen LogP contribution in [-0.2, 0) is 14.3 Å². The summed E-state index contributed by atoms with van der Waals surface area (Å²) >= 11 is 0. The number of nitrogens with one attached hydrogen (secondary N) is 1. The van der Waals surface area contributed by atoms with Crippen molar-refractivity contribution in [2.24, 2.45) is 0 Å². The van der Waals surface area contributed by atoms with Crippen LogP contribution in [0.1, 0.15) is 25.5 Å². The molecule has 1 N–H and O–H groups in total. The molecule has 0 aromatic heterocycles. The van der Waals surface area contributed by atoms with Gasteiger partial charge in [0.25, 0.3) is 5.91 Å². The van der Waals surface area contributed by atoms with Crippen LogP contribution in [0.25, 0.3) is 0 Å². The SMILES string of the molecule is CCOC(=O)C1=C(C)NC(c2ccccc2F)C(=O)N1C. The second-order valence-corrected chi connectivity index (χ2v) is 4.69. The molecule has 1 aliphatic rings. The molecule has 1 atom stereocenters. The summed E-state index contributed by atoms with van der Waals surface area (Å²) in [6, 6.07) is 5.20. The number of ether oxygens (including phenoxy) is 1. The van der Waals surface area contributed by atoms with E-state index in [2.05, 4.69) is 5.32 Å². The summed E-state index contributed by atoms with van der Waals surface area (Å²) in [4.78, 5) is 25.5. The molecule has 1 aromatic carbocycles. The minimum atomic E-state index is -0.852. The number of carbonyl (C=O) groups is 2. The van der Waals surface area contributed by atoms with Gasteiger partial charge in [0.2, 0.25) is 0 Å². The van der Waals surface area contributed by atoms with Gasteiger partial charge in [-0.05, 0) is 19.9 Å². The van der Waals surface area contributed by atoms with Crippen molar-refractivity contribution in [2.75, 3.05) is 13.7 Å². The second-order valence-electron chi connectivity index (χ2n) is 4.69. The molecule has 0 radical (unpaired) electrons. The lowest BCUT2D eigenvalue weighted by molar-refractivity contribution is -0.145. The van der Waals surface area contributed by atoms with Gasteiger partial charge in [-0.3, -0.25) is 4.79 Å². The Morgan fingerprint density at radius 3 is 2.71 bits per heavy atom. The molecule has 2 rings (SSSR count). The number of allylic oxidation sites excluding steroid dienone is 1. The third-order valence-electron chi connectivity index (χ3n) is 3.31. The average Bonchev–Trinajstić information content (AvgIpc) is 2.44. The van der Waals surface area contributed by atoms with Crippen molar-refractivity contribution in [1.29, 1.82) is 0 Å². The smallest absolute Gasteiger partial charge is 0.356 e. The Hall–Kier alpha value is -2.37. The fraction of sp³-hybridized carbons (Fsp3) is 0.333. The van der Waals surface area contributed by atoms with Gasteiger partial charge in [0.15, 0.2) is 0 Å². The highest BCUT2D eigenvalue weighted by molar-refractivity contribution is 5.97. The maximum absolute atomic E-state index is 13.9. The van der Waals surface area contributed by atoms with Crippen molar-refractivity contribution in [2.45, 2.75) is 19.9 Å². The van der Waals surface area contributed by atoms with E-state index in [1.54, 1.807) is 32.0 Å². The van der Waals surface area contributed by atoms with E-state index < -0.39 is 23.7 Å². The number of hydrogen-bond donors (Lipinski definition) is 1. The van der Waals surface area contributed by atoms with E-state index in [0.717, 1.165) is 0 Å². The van der Waals surface area contributed by atoms with Crippen LogP contribution in [0, 0.1) is 5.82 Å². The van der Waals surface area contributed by atoms with Crippen molar-refractivity contribution in [1.82, 2.24) is 10.2 Å². The summed E-state index contributed by atoms with van der Waals surface area (Å²) in [7, 11) is 1.48. The maximum Gasteiger partial charge on any atom is 0.356 e. The quantitative estimate of drug-likeness (QED) is 0.862. The van der Waals surface area contributed by atoms with Crippen molar-refractivity contribution >= 4 is 11.9 Å². The first-order chi connectivity index (χ1) is 9.97. The van der Waals surface area contributed by atoms with E-state index in [1.807, 2.05) is 0 Å². The lowest BCUT2D eigenvalue weighted by Gasteiger charge is -2.33. The molecule has 1 unspecified atom stereocenters. The zero-order valence-corrected chi connectivity index (χ0v) is 12.1. The van der Waals surface area contributed by atoms with Gasteiger partial charge in [-0.15, -0.1) is 0 Å². The normalized spacial score (nSPS) is 18.6. The van der Waals surface area contributed by atoms with Gasteiger partial charge in [-0.2, -0.15) is 0 Å². The summed E-state index contributed by atoms with van der Waals surface area (Å²) in [5.74, 6) is -1.46. The molecule has 0 spiro atoms. The van der Waals surface area contributed by atoms with E-state index in [0.29, 0.717) is 5.70 Å². The van der Waals surface area contributed by atoms with Crippen LogP contribution in [0.3, 0.4) is 0 Å². The van der Waals surface area contributed by atoms with Gasteiger partial charge >= 0.3 is 5.97 Å². The van der Waals surface area contributed by atoms with Crippen LogP contribution in [0.4, 0.5) is 4.39 Å². The predicted octanol–water partition coefficient (Wildman–Crippen LogP) is 1.72. The fourth-order valence-electron chi connectivity index (χ4n) is 2.31. The van der Waals surface area contributed by atoms with Crippen molar-refractivity contribution in [3.8, 4) is 0 Å². The number of benzene rings is 1. The Labute approximate surface area is 122 Å². The fourth-order valence-corrected chi connectivity index (χ4v) is 2.31. The Morgan fingerprint density at radius 1 is 1.43 bits per heavy atom. The Balaban J connectivity index is 2.38. The van der Waals surface area contributed by atoms with Crippen LogP contribution >= 0.6 is 0 Å². The summed E-state index contributed by atoms with van der Waals surface area (Å²) < 4.78 is 18.8. The number of carbonyl (C=O) groups excluding carboxylic acids is 2. The molecule has 21 heavy (non-hydrogen) atoms. The first kappa shape index (κ1) is 15.0. The average molecular weight is 292 g/mol. The lowest BCUT2D eigenvalue weighted by Crippen LogP contribution is -2.46. The third-order valence-corrected chi connectivity index (χ3v) is 3.31. The molecule has 0 fully saturated rings. The van der Waals surface area contributed by atoms with E-state index in [1.165, 1.54) is 18.0 Å². The molecular weight excluding hydrogens is 275 g/mol. The minimum absolute atomic E-state index is 0.148. The molecule has 1 aromatic rings. The molecule has 112 valence electrons. The van der Waals surface area contributed by atoms with Crippen molar-refractivity contribution in [3.63, 3.8) is 0 Å². The first-order valence-corrected chi connectivity index (χ1v) is 6.63. The molecule has 5 nitrogen and oxygen atoms in total. The molecule has 1 aliphatic heterocycles. The standard InChI is InChI=1S/C15H17FN2O3/c1-4-21-15(20)13-9(2)17-12(14(19)18(13)3)10-7-5-6-8-11(10)16/h5-8,12,17H,4H2,1-3H3. The van der Waals surface area contributed by atoms with E-state index >= 15 is 0 Å². The molecule has 0 saturated heterocycles. The molecule has 0 saturated carbocycles. The number of hydrogen-bond acceptors (Lipinski definition) is 4. The Morgan fingerprint density at radius 2 is 2.10 bits per heavy atom. The highest BCUT2D eigenvalue weighted by Crippen LogP contribution is 2.27. The van der Waals surface area contributed by atoms with E-state index in [9.17, 15) is 14.0 Å². The van der Waals surface area contributed by atoms with E-state index in [4.69, 9.17) is 4.74 Å². The zero-order valence-electron chi connectivity index (χ0n) is 12.1. The van der Waals surface area contributed by atoms with Crippen molar-refractivity contribution in [3.05, 3.63) is 47.0 Å².